The van der Waals surface area contributed by atoms with E-state index in [-0.39, 0.29) is 5.60 Å². The van der Waals surface area contributed by atoms with Crippen LogP contribution in [0.4, 0.5) is 0 Å². The molecule has 1 heterocycles. The summed E-state index contributed by atoms with van der Waals surface area (Å²) in [7, 11) is 1.64. The van der Waals surface area contributed by atoms with Crippen LogP contribution in [0.2, 0.25) is 5.02 Å². The van der Waals surface area contributed by atoms with Gasteiger partial charge in [0.15, 0.2) is 0 Å². The van der Waals surface area contributed by atoms with Gasteiger partial charge in [0.2, 0.25) is 0 Å². The second-order valence-corrected chi connectivity index (χ2v) is 5.38. The molecule has 0 saturated heterocycles. The molecule has 1 aliphatic rings. The zero-order valence-electron chi connectivity index (χ0n) is 10.9. The summed E-state index contributed by atoms with van der Waals surface area (Å²) in [5.74, 6) is 1.54. The van der Waals surface area contributed by atoms with Crippen LogP contribution in [-0.4, -0.2) is 7.11 Å². The molecule has 0 fully saturated rings. The average molecular weight is 275 g/mol. The first-order chi connectivity index (χ1) is 9.12. The van der Waals surface area contributed by atoms with Crippen LogP contribution in [0.5, 0.6) is 11.5 Å². The molecule has 0 aromatic heterocycles. The van der Waals surface area contributed by atoms with E-state index < -0.39 is 0 Å². The van der Waals surface area contributed by atoms with Gasteiger partial charge in [-0.1, -0.05) is 41.9 Å². The van der Waals surface area contributed by atoms with Crippen molar-refractivity contribution in [3.8, 4) is 11.5 Å². The summed E-state index contributed by atoms with van der Waals surface area (Å²) < 4.78 is 11.4. The Labute approximate surface area is 117 Å². The maximum Gasteiger partial charge on any atom is 0.142 e. The number of rotatable bonds is 2. The molecule has 0 amide bonds. The molecule has 98 valence electrons. The first-order valence-corrected chi connectivity index (χ1v) is 6.61. The van der Waals surface area contributed by atoms with Gasteiger partial charge < -0.3 is 9.47 Å². The van der Waals surface area contributed by atoms with Crippen LogP contribution in [0.15, 0.2) is 42.5 Å². The van der Waals surface area contributed by atoms with Gasteiger partial charge in [-0.2, -0.15) is 0 Å². The third kappa shape index (κ3) is 2.06. The SMILES string of the molecule is COc1cc(Cl)c2c(c1)CC(C)(c1ccccc1)O2. The summed E-state index contributed by atoms with van der Waals surface area (Å²) in [5.41, 5.74) is 1.89. The normalized spacial score (nSPS) is 20.8. The van der Waals surface area contributed by atoms with Gasteiger partial charge in [-0.3, -0.25) is 0 Å². The molecule has 1 aliphatic heterocycles. The Morgan fingerprint density at radius 1 is 1.21 bits per heavy atom. The molecular formula is C16H15ClO2. The lowest BCUT2D eigenvalue weighted by molar-refractivity contribution is 0.116. The third-order valence-corrected chi connectivity index (χ3v) is 3.85. The van der Waals surface area contributed by atoms with E-state index in [1.807, 2.05) is 24.3 Å². The number of halogens is 1. The molecule has 0 aliphatic carbocycles. The van der Waals surface area contributed by atoms with Gasteiger partial charge in [0, 0.05) is 18.1 Å². The highest BCUT2D eigenvalue weighted by Crippen LogP contribution is 2.46. The van der Waals surface area contributed by atoms with Crippen molar-refractivity contribution < 1.29 is 9.47 Å². The number of hydrogen-bond donors (Lipinski definition) is 0. The van der Waals surface area contributed by atoms with E-state index in [1.165, 1.54) is 0 Å². The lowest BCUT2D eigenvalue weighted by Crippen LogP contribution is -2.26. The first kappa shape index (κ1) is 12.4. The predicted octanol–water partition coefficient (Wildman–Crippen LogP) is 4.20. The van der Waals surface area contributed by atoms with Gasteiger partial charge in [-0.25, -0.2) is 0 Å². The molecule has 1 unspecified atom stereocenters. The fraction of sp³-hybridized carbons (Fsp3) is 0.250. The standard InChI is InChI=1S/C16H15ClO2/c1-16(12-6-4-3-5-7-12)10-11-8-13(18-2)9-14(17)15(11)19-16/h3-9H,10H2,1-2H3. The van der Waals surface area contributed by atoms with E-state index >= 15 is 0 Å². The Kier molecular flexibility index (Phi) is 2.90. The van der Waals surface area contributed by atoms with Crippen LogP contribution in [0.1, 0.15) is 18.1 Å². The van der Waals surface area contributed by atoms with Crippen molar-refractivity contribution in [1.29, 1.82) is 0 Å². The van der Waals surface area contributed by atoms with Gasteiger partial charge in [-0.05, 0) is 18.6 Å². The molecule has 3 heteroatoms. The zero-order chi connectivity index (χ0) is 13.5. The van der Waals surface area contributed by atoms with Crippen molar-refractivity contribution >= 4 is 11.6 Å². The van der Waals surface area contributed by atoms with Crippen LogP contribution in [-0.2, 0) is 12.0 Å². The average Bonchev–Trinajstić information content (AvgIpc) is 2.78. The summed E-state index contributed by atoms with van der Waals surface area (Å²) in [5, 5.41) is 0.606. The molecule has 2 aromatic carbocycles. The smallest absolute Gasteiger partial charge is 0.142 e. The summed E-state index contributed by atoms with van der Waals surface area (Å²) >= 11 is 6.26. The van der Waals surface area contributed by atoms with E-state index in [0.29, 0.717) is 5.02 Å². The number of methoxy groups -OCH3 is 1. The van der Waals surface area contributed by atoms with Crippen molar-refractivity contribution in [2.75, 3.05) is 7.11 Å². The third-order valence-electron chi connectivity index (χ3n) is 3.57. The second kappa shape index (κ2) is 4.46. The summed E-state index contributed by atoms with van der Waals surface area (Å²) in [6.45, 7) is 2.09. The minimum absolute atomic E-state index is 0.362. The maximum atomic E-state index is 6.26. The highest BCUT2D eigenvalue weighted by molar-refractivity contribution is 6.32. The zero-order valence-corrected chi connectivity index (χ0v) is 11.7. The molecule has 0 N–H and O–H groups in total. The lowest BCUT2D eigenvalue weighted by atomic mass is 9.91. The van der Waals surface area contributed by atoms with Crippen molar-refractivity contribution in [3.05, 3.63) is 58.6 Å². The summed E-state index contributed by atoms with van der Waals surface area (Å²) in [6.07, 6.45) is 0.795. The van der Waals surface area contributed by atoms with Crippen molar-refractivity contribution in [2.45, 2.75) is 18.9 Å². The van der Waals surface area contributed by atoms with Crippen LogP contribution >= 0.6 is 11.6 Å². The van der Waals surface area contributed by atoms with E-state index in [2.05, 4.69) is 19.1 Å². The predicted molar refractivity (Wildman–Crippen MR) is 76.1 cm³/mol. The fourth-order valence-corrected chi connectivity index (χ4v) is 2.83. The lowest BCUT2D eigenvalue weighted by Gasteiger charge is -2.24. The van der Waals surface area contributed by atoms with Gasteiger partial charge in [0.1, 0.15) is 17.1 Å². The van der Waals surface area contributed by atoms with Gasteiger partial charge in [0.05, 0.1) is 12.1 Å². The largest absolute Gasteiger partial charge is 0.497 e. The number of hydrogen-bond acceptors (Lipinski definition) is 2. The van der Waals surface area contributed by atoms with Crippen molar-refractivity contribution in [2.24, 2.45) is 0 Å². The second-order valence-electron chi connectivity index (χ2n) is 4.97. The molecule has 0 radical (unpaired) electrons. The van der Waals surface area contributed by atoms with Gasteiger partial charge in [-0.15, -0.1) is 0 Å². The van der Waals surface area contributed by atoms with Crippen LogP contribution in [0.25, 0.3) is 0 Å². The highest BCUT2D eigenvalue weighted by Gasteiger charge is 2.38. The molecule has 1 atom stereocenters. The number of benzene rings is 2. The topological polar surface area (TPSA) is 18.5 Å². The molecule has 0 spiro atoms. The fourth-order valence-electron chi connectivity index (χ4n) is 2.56. The van der Waals surface area contributed by atoms with Gasteiger partial charge in [0.25, 0.3) is 0 Å². The number of ether oxygens (including phenoxy) is 2. The molecular weight excluding hydrogens is 260 g/mol. The minimum Gasteiger partial charge on any atom is -0.497 e. The van der Waals surface area contributed by atoms with E-state index in [1.54, 1.807) is 13.2 Å². The first-order valence-electron chi connectivity index (χ1n) is 6.23. The Morgan fingerprint density at radius 2 is 1.95 bits per heavy atom. The maximum absolute atomic E-state index is 6.26. The molecule has 3 rings (SSSR count). The van der Waals surface area contributed by atoms with Crippen molar-refractivity contribution in [1.82, 2.24) is 0 Å². The molecule has 19 heavy (non-hydrogen) atoms. The molecule has 0 saturated carbocycles. The van der Waals surface area contributed by atoms with E-state index in [4.69, 9.17) is 21.1 Å². The van der Waals surface area contributed by atoms with E-state index in [0.717, 1.165) is 29.0 Å². The highest BCUT2D eigenvalue weighted by atomic mass is 35.5. The number of fused-ring (bicyclic) bond motifs is 1. The summed E-state index contributed by atoms with van der Waals surface area (Å²) in [6, 6.07) is 14.0. The molecule has 2 nitrogen and oxygen atoms in total. The van der Waals surface area contributed by atoms with Crippen LogP contribution in [0, 0.1) is 0 Å². The Balaban J connectivity index is 2.02. The van der Waals surface area contributed by atoms with Crippen molar-refractivity contribution in [3.63, 3.8) is 0 Å². The Morgan fingerprint density at radius 3 is 2.63 bits per heavy atom. The monoisotopic (exact) mass is 274 g/mol. The van der Waals surface area contributed by atoms with Gasteiger partial charge >= 0.3 is 0 Å². The molecule has 2 aromatic rings. The molecule has 0 bridgehead atoms. The van der Waals surface area contributed by atoms with E-state index in [9.17, 15) is 0 Å². The Bertz CT molecular complexity index is 610. The van der Waals surface area contributed by atoms with Crippen LogP contribution < -0.4 is 9.47 Å². The van der Waals surface area contributed by atoms with Crippen LogP contribution in [0.3, 0.4) is 0 Å². The quantitative estimate of drug-likeness (QED) is 0.817. The summed E-state index contributed by atoms with van der Waals surface area (Å²) in [4.78, 5) is 0. The Hall–Kier alpha value is -1.67. The minimum atomic E-state index is -0.362.